The third kappa shape index (κ3) is 2.16. The van der Waals surface area contributed by atoms with E-state index >= 15 is 0 Å². The van der Waals surface area contributed by atoms with Crippen LogP contribution >= 0.6 is 0 Å². The van der Waals surface area contributed by atoms with E-state index in [2.05, 4.69) is 14.7 Å². The molecule has 0 spiro atoms. The van der Waals surface area contributed by atoms with Gasteiger partial charge in [-0.05, 0) is 12.1 Å². The van der Waals surface area contributed by atoms with Gasteiger partial charge < -0.3 is 4.98 Å². The highest BCUT2D eigenvalue weighted by Crippen LogP contribution is 2.11. The first kappa shape index (κ1) is 9.72. The number of sulfonamides is 1. The highest BCUT2D eigenvalue weighted by Gasteiger charge is 2.15. The Kier molecular flexibility index (Phi) is 2.42. The first-order chi connectivity index (χ1) is 7.18. The van der Waals surface area contributed by atoms with E-state index in [1.165, 1.54) is 12.4 Å². The molecule has 0 atom stereocenters. The number of imidazole rings is 1. The van der Waals surface area contributed by atoms with Gasteiger partial charge in [-0.1, -0.05) is 18.2 Å². The number of H-pyrrole nitrogens is 1. The van der Waals surface area contributed by atoms with E-state index in [1.54, 1.807) is 24.3 Å². The second-order valence-corrected chi connectivity index (χ2v) is 4.46. The van der Waals surface area contributed by atoms with Crippen molar-refractivity contribution in [1.82, 2.24) is 9.97 Å². The van der Waals surface area contributed by atoms with Crippen molar-refractivity contribution in [3.05, 3.63) is 42.7 Å². The number of benzene rings is 1. The normalized spacial score (nSPS) is 11.2. The predicted octanol–water partition coefficient (Wildman–Crippen LogP) is 1.21. The number of hydrogen-bond donors (Lipinski definition) is 2. The van der Waals surface area contributed by atoms with Crippen LogP contribution in [0.4, 0.5) is 5.69 Å². The number of anilines is 1. The van der Waals surface area contributed by atoms with Crippen LogP contribution in [0.1, 0.15) is 0 Å². The molecule has 6 heteroatoms. The summed E-state index contributed by atoms with van der Waals surface area (Å²) in [5.74, 6) is 0. The van der Waals surface area contributed by atoms with Crippen molar-refractivity contribution in [2.24, 2.45) is 0 Å². The van der Waals surface area contributed by atoms with Gasteiger partial charge in [0.05, 0.1) is 0 Å². The van der Waals surface area contributed by atoms with Crippen LogP contribution in [0.5, 0.6) is 0 Å². The van der Waals surface area contributed by atoms with Crippen molar-refractivity contribution >= 4 is 15.7 Å². The number of nitrogens with zero attached hydrogens (tertiary/aromatic N) is 1. The minimum absolute atomic E-state index is 0.0913. The molecule has 2 N–H and O–H groups in total. The number of nitrogens with one attached hydrogen (secondary N) is 2. The monoisotopic (exact) mass is 223 g/mol. The molecule has 5 nitrogen and oxygen atoms in total. The maximum atomic E-state index is 11.7. The van der Waals surface area contributed by atoms with Gasteiger partial charge in [0.1, 0.15) is 0 Å². The molecule has 0 unspecified atom stereocenters. The van der Waals surface area contributed by atoms with Gasteiger partial charge >= 0.3 is 0 Å². The Balaban J connectivity index is 2.27. The third-order valence-corrected chi connectivity index (χ3v) is 2.99. The van der Waals surface area contributed by atoms with Crippen LogP contribution in [0.15, 0.2) is 47.9 Å². The molecule has 0 bridgehead atoms. The van der Waals surface area contributed by atoms with Gasteiger partial charge in [0.25, 0.3) is 10.0 Å². The number of rotatable bonds is 3. The Morgan fingerprint density at radius 1 is 1.20 bits per heavy atom. The topological polar surface area (TPSA) is 74.8 Å². The van der Waals surface area contributed by atoms with E-state index in [4.69, 9.17) is 0 Å². The second kappa shape index (κ2) is 3.74. The number of aromatic nitrogens is 2. The fraction of sp³-hybridized carbons (Fsp3) is 0. The number of para-hydroxylation sites is 1. The summed E-state index contributed by atoms with van der Waals surface area (Å²) in [6.45, 7) is 0. The van der Waals surface area contributed by atoms with Crippen molar-refractivity contribution in [2.75, 3.05) is 4.72 Å². The maximum absolute atomic E-state index is 11.7. The van der Waals surface area contributed by atoms with Gasteiger partial charge in [0, 0.05) is 18.1 Å². The molecular formula is C9H9N3O2S. The van der Waals surface area contributed by atoms with Crippen LogP contribution in [0.25, 0.3) is 0 Å². The van der Waals surface area contributed by atoms with Crippen LogP contribution in [-0.2, 0) is 10.0 Å². The minimum Gasteiger partial charge on any atom is -0.334 e. The Labute approximate surface area is 87.2 Å². The first-order valence-corrected chi connectivity index (χ1v) is 5.74. The van der Waals surface area contributed by atoms with E-state index in [9.17, 15) is 8.42 Å². The Bertz CT molecular complexity index is 520. The van der Waals surface area contributed by atoms with Crippen molar-refractivity contribution in [2.45, 2.75) is 5.16 Å². The van der Waals surface area contributed by atoms with E-state index in [1.807, 2.05) is 6.07 Å². The quantitative estimate of drug-likeness (QED) is 0.821. The SMILES string of the molecule is O=S(=O)(Nc1ccccc1)c1ncc[nH]1. The molecule has 0 aliphatic rings. The largest absolute Gasteiger partial charge is 0.334 e. The molecule has 2 rings (SSSR count). The molecule has 2 aromatic rings. The Morgan fingerprint density at radius 2 is 1.93 bits per heavy atom. The predicted molar refractivity (Wildman–Crippen MR) is 55.8 cm³/mol. The highest BCUT2D eigenvalue weighted by molar-refractivity contribution is 7.92. The molecule has 0 saturated heterocycles. The van der Waals surface area contributed by atoms with Crippen LogP contribution in [0, 0.1) is 0 Å². The van der Waals surface area contributed by atoms with Crippen LogP contribution in [0.3, 0.4) is 0 Å². The van der Waals surface area contributed by atoms with E-state index in [-0.39, 0.29) is 5.16 Å². The molecule has 0 saturated carbocycles. The van der Waals surface area contributed by atoms with E-state index < -0.39 is 10.0 Å². The zero-order chi connectivity index (χ0) is 10.7. The van der Waals surface area contributed by atoms with E-state index in [0.29, 0.717) is 5.69 Å². The molecule has 0 aliphatic heterocycles. The lowest BCUT2D eigenvalue weighted by Gasteiger charge is -2.04. The molecule has 0 amide bonds. The maximum Gasteiger partial charge on any atom is 0.295 e. The number of hydrogen-bond acceptors (Lipinski definition) is 3. The summed E-state index contributed by atoms with van der Waals surface area (Å²) in [4.78, 5) is 6.21. The molecule has 0 aliphatic carbocycles. The number of aromatic amines is 1. The summed E-state index contributed by atoms with van der Waals surface area (Å²) in [5.41, 5.74) is 0.508. The van der Waals surface area contributed by atoms with Crippen LogP contribution in [0.2, 0.25) is 0 Å². The standard InChI is InChI=1S/C9H9N3O2S/c13-15(14,9-10-6-7-11-9)12-8-4-2-1-3-5-8/h1-7,12H,(H,10,11). The van der Waals surface area contributed by atoms with E-state index in [0.717, 1.165) is 0 Å². The average molecular weight is 223 g/mol. The Morgan fingerprint density at radius 3 is 2.53 bits per heavy atom. The molecular weight excluding hydrogens is 214 g/mol. The van der Waals surface area contributed by atoms with Gasteiger partial charge in [-0.2, -0.15) is 8.42 Å². The summed E-state index contributed by atoms with van der Waals surface area (Å²) < 4.78 is 25.7. The van der Waals surface area contributed by atoms with Gasteiger partial charge in [0.2, 0.25) is 5.16 Å². The summed E-state index contributed by atoms with van der Waals surface area (Å²) in [7, 11) is -3.59. The lowest BCUT2D eigenvalue weighted by molar-refractivity contribution is 0.594. The lowest BCUT2D eigenvalue weighted by Crippen LogP contribution is -2.14. The first-order valence-electron chi connectivity index (χ1n) is 4.26. The van der Waals surface area contributed by atoms with Gasteiger partial charge in [-0.25, -0.2) is 4.98 Å². The molecule has 78 valence electrons. The zero-order valence-electron chi connectivity index (χ0n) is 7.71. The van der Waals surface area contributed by atoms with Crippen LogP contribution < -0.4 is 4.72 Å². The molecule has 0 radical (unpaired) electrons. The van der Waals surface area contributed by atoms with Gasteiger partial charge in [0.15, 0.2) is 0 Å². The second-order valence-electron chi connectivity index (χ2n) is 2.87. The summed E-state index contributed by atoms with van der Waals surface area (Å²) in [6, 6.07) is 8.64. The fourth-order valence-electron chi connectivity index (χ4n) is 1.11. The van der Waals surface area contributed by atoms with Crippen molar-refractivity contribution in [3.8, 4) is 0 Å². The third-order valence-electron chi connectivity index (χ3n) is 1.75. The summed E-state index contributed by atoms with van der Waals surface area (Å²) >= 11 is 0. The van der Waals surface area contributed by atoms with Crippen LogP contribution in [-0.4, -0.2) is 18.4 Å². The summed E-state index contributed by atoms with van der Waals surface area (Å²) in [6.07, 6.45) is 2.85. The van der Waals surface area contributed by atoms with Gasteiger partial charge in [-0.15, -0.1) is 0 Å². The fourth-order valence-corrected chi connectivity index (χ4v) is 2.07. The zero-order valence-corrected chi connectivity index (χ0v) is 8.53. The van der Waals surface area contributed by atoms with Crippen molar-refractivity contribution in [1.29, 1.82) is 0 Å². The molecule has 15 heavy (non-hydrogen) atoms. The smallest absolute Gasteiger partial charge is 0.295 e. The molecule has 1 aromatic carbocycles. The van der Waals surface area contributed by atoms with Crippen molar-refractivity contribution in [3.63, 3.8) is 0 Å². The average Bonchev–Trinajstić information content (AvgIpc) is 2.71. The molecule has 1 heterocycles. The summed E-state index contributed by atoms with van der Waals surface area (Å²) in [5, 5.41) is -0.0913. The Hall–Kier alpha value is -1.82. The lowest BCUT2D eigenvalue weighted by atomic mass is 10.3. The highest BCUT2D eigenvalue weighted by atomic mass is 32.2. The molecule has 1 aromatic heterocycles. The minimum atomic E-state index is -3.59. The molecule has 0 fully saturated rings. The van der Waals surface area contributed by atoms with Gasteiger partial charge in [-0.3, -0.25) is 4.72 Å². The van der Waals surface area contributed by atoms with Crippen molar-refractivity contribution < 1.29 is 8.42 Å².